The zero-order valence-electron chi connectivity index (χ0n) is 30.0. The first kappa shape index (κ1) is 30.9. The first-order valence-corrected chi connectivity index (χ1v) is 18.9. The number of furan rings is 2. The van der Waals surface area contributed by atoms with Gasteiger partial charge in [-0.3, -0.25) is 0 Å². The summed E-state index contributed by atoms with van der Waals surface area (Å²) in [5.41, 5.74) is 8.40. The van der Waals surface area contributed by atoms with Gasteiger partial charge in [0, 0.05) is 38.2 Å². The molecule has 3 heterocycles. The molecule has 0 fully saturated rings. The topological polar surface area (TPSA) is 63.0 Å². The Kier molecular flexibility index (Phi) is 6.63. The first-order chi connectivity index (χ1) is 27.7. The average molecular weight is 718 g/mol. The van der Waals surface area contributed by atoms with Crippen LogP contribution in [-0.4, -0.2) is 11.7 Å². The van der Waals surface area contributed by atoms with Crippen LogP contribution in [0.2, 0.25) is 0 Å². The highest BCUT2D eigenvalue weighted by Crippen LogP contribution is 2.42. The average Bonchev–Trinajstić information content (AvgIpc) is 3.85. The van der Waals surface area contributed by atoms with E-state index >= 15 is 0 Å². The van der Waals surface area contributed by atoms with Gasteiger partial charge < -0.3 is 14.2 Å². The number of rotatable bonds is 4. The van der Waals surface area contributed by atoms with Gasteiger partial charge in [0.2, 0.25) is 0 Å². The van der Waals surface area contributed by atoms with Gasteiger partial charge in [-0.1, -0.05) is 133 Å². The lowest BCUT2D eigenvalue weighted by atomic mass is 9.95. The van der Waals surface area contributed by atoms with E-state index in [1.54, 1.807) is 0 Å². The van der Waals surface area contributed by atoms with Crippen LogP contribution < -0.4 is 5.32 Å². The Balaban J connectivity index is 1.06. The molecule has 0 radical (unpaired) electrons. The highest BCUT2D eigenvalue weighted by atomic mass is 16.3. The maximum atomic E-state index is 6.80. The van der Waals surface area contributed by atoms with E-state index in [9.17, 15) is 0 Å². The molecule has 1 unspecified atom stereocenters. The van der Waals surface area contributed by atoms with Crippen molar-refractivity contribution < 1.29 is 8.83 Å². The van der Waals surface area contributed by atoms with Gasteiger partial charge in [-0.25, -0.2) is 9.98 Å². The fourth-order valence-corrected chi connectivity index (χ4v) is 8.63. The summed E-state index contributed by atoms with van der Waals surface area (Å²) in [7, 11) is 0. The third kappa shape index (κ3) is 4.74. The van der Waals surface area contributed by atoms with Crippen LogP contribution in [-0.2, 0) is 0 Å². The Labute approximate surface area is 320 Å². The molecule has 1 aliphatic heterocycles. The number of amidine groups is 2. The van der Waals surface area contributed by atoms with Gasteiger partial charge in [-0.15, -0.1) is 0 Å². The summed E-state index contributed by atoms with van der Waals surface area (Å²) in [6, 6.07) is 61.5. The first-order valence-electron chi connectivity index (χ1n) is 18.9. The van der Waals surface area contributed by atoms with E-state index in [0.717, 1.165) is 77.5 Å². The minimum absolute atomic E-state index is 0.346. The van der Waals surface area contributed by atoms with E-state index in [2.05, 4.69) is 163 Å². The SMILES string of the molecule is c1ccc(C2N=C(c3ccc4ccc5ccccc5c4c3)N=C(c3ccc(-c4ccc5oc6ccc7ccccc7c6c5c4)c4oc5ccccc5c34)N2)cc1. The Morgan fingerprint density at radius 1 is 0.429 bits per heavy atom. The van der Waals surface area contributed by atoms with E-state index in [0.29, 0.717) is 5.84 Å². The highest BCUT2D eigenvalue weighted by molar-refractivity contribution is 6.25. The van der Waals surface area contributed by atoms with Crippen molar-refractivity contribution in [1.82, 2.24) is 5.32 Å². The van der Waals surface area contributed by atoms with Crippen molar-refractivity contribution in [2.24, 2.45) is 9.98 Å². The lowest BCUT2D eigenvalue weighted by Crippen LogP contribution is -2.33. The van der Waals surface area contributed by atoms with Gasteiger partial charge in [0.1, 0.15) is 34.3 Å². The van der Waals surface area contributed by atoms with Crippen molar-refractivity contribution >= 4 is 87.9 Å². The zero-order chi connectivity index (χ0) is 36.7. The predicted octanol–water partition coefficient (Wildman–Crippen LogP) is 13.1. The quantitative estimate of drug-likeness (QED) is 0.184. The number of nitrogens with zero attached hydrogens (tertiary/aromatic N) is 2. The van der Waals surface area contributed by atoms with Crippen molar-refractivity contribution in [1.29, 1.82) is 0 Å². The van der Waals surface area contributed by atoms with Crippen molar-refractivity contribution in [3.05, 3.63) is 193 Å². The van der Waals surface area contributed by atoms with Crippen LogP contribution in [0.4, 0.5) is 0 Å². The molecule has 5 nitrogen and oxygen atoms in total. The van der Waals surface area contributed by atoms with Gasteiger partial charge in [-0.2, -0.15) is 0 Å². The van der Waals surface area contributed by atoms with Crippen LogP contribution >= 0.6 is 0 Å². The summed E-state index contributed by atoms with van der Waals surface area (Å²) in [5, 5.41) is 15.1. The second-order valence-corrected chi connectivity index (χ2v) is 14.5. The number of benzene rings is 9. The lowest BCUT2D eigenvalue weighted by molar-refractivity contribution is 0.668. The molecule has 5 heteroatoms. The number of fused-ring (bicyclic) bond motifs is 11. The molecule has 9 aromatic carbocycles. The molecule has 0 amide bonds. The largest absolute Gasteiger partial charge is 0.456 e. The Morgan fingerprint density at radius 3 is 1.93 bits per heavy atom. The molecule has 0 spiro atoms. The smallest absolute Gasteiger partial charge is 0.159 e. The maximum Gasteiger partial charge on any atom is 0.159 e. The van der Waals surface area contributed by atoms with E-state index in [-0.39, 0.29) is 6.17 Å². The van der Waals surface area contributed by atoms with Gasteiger partial charge in [-0.05, 0) is 85.9 Å². The number of nitrogens with one attached hydrogen (secondary N) is 1. The van der Waals surface area contributed by atoms with Crippen molar-refractivity contribution in [2.75, 3.05) is 0 Å². The van der Waals surface area contributed by atoms with Crippen LogP contribution in [0.3, 0.4) is 0 Å². The molecule has 1 atom stereocenters. The molecule has 0 saturated heterocycles. The number of para-hydroxylation sites is 1. The lowest BCUT2D eigenvalue weighted by Gasteiger charge is -2.24. The number of hydrogen-bond acceptors (Lipinski definition) is 5. The van der Waals surface area contributed by atoms with Gasteiger partial charge >= 0.3 is 0 Å². The fraction of sp³-hybridized carbons (Fsp3) is 0.0196. The molecule has 11 aromatic rings. The third-order valence-corrected chi connectivity index (χ3v) is 11.3. The Hall–Kier alpha value is -7.50. The second kappa shape index (κ2) is 12.0. The zero-order valence-corrected chi connectivity index (χ0v) is 30.0. The maximum absolute atomic E-state index is 6.80. The number of hydrogen-bond donors (Lipinski definition) is 1. The van der Waals surface area contributed by atoms with Crippen LogP contribution in [0.5, 0.6) is 0 Å². The van der Waals surface area contributed by atoms with Gasteiger partial charge in [0.25, 0.3) is 0 Å². The van der Waals surface area contributed by atoms with Crippen molar-refractivity contribution in [2.45, 2.75) is 6.17 Å². The third-order valence-electron chi connectivity index (χ3n) is 11.3. The molecule has 1 aliphatic rings. The fourth-order valence-electron chi connectivity index (χ4n) is 8.63. The summed E-state index contributed by atoms with van der Waals surface area (Å²) in [6.45, 7) is 0. The summed E-state index contributed by atoms with van der Waals surface area (Å²) < 4.78 is 13.2. The molecule has 0 saturated carbocycles. The predicted molar refractivity (Wildman–Crippen MR) is 231 cm³/mol. The Bertz CT molecular complexity index is 3460. The van der Waals surface area contributed by atoms with Crippen molar-refractivity contribution in [3.63, 3.8) is 0 Å². The normalized spacial score (nSPS) is 14.6. The molecule has 1 N–H and O–H groups in total. The van der Waals surface area contributed by atoms with Gasteiger partial charge in [0.05, 0.1) is 0 Å². The van der Waals surface area contributed by atoms with Crippen LogP contribution in [0, 0.1) is 0 Å². The van der Waals surface area contributed by atoms with Gasteiger partial charge in [0.15, 0.2) is 5.84 Å². The van der Waals surface area contributed by atoms with Crippen LogP contribution in [0.15, 0.2) is 195 Å². The van der Waals surface area contributed by atoms with Crippen molar-refractivity contribution in [3.8, 4) is 11.1 Å². The second-order valence-electron chi connectivity index (χ2n) is 14.5. The standard InChI is InChI=1S/C51H31N3O2/c1-2-12-33(13-3-1)49-52-50(35-21-20-32-19-18-30-10-4-6-14-36(30)41(32)29-35)54-51(53-49)40-25-24-38(48-47(40)39-16-8-9-17-43(39)56-48)34-23-26-44-42(28-34)46-37-15-7-5-11-31(37)22-27-45(46)55-44/h1-29,49H,(H,52,53,54). The molecule has 12 rings (SSSR count). The summed E-state index contributed by atoms with van der Waals surface area (Å²) >= 11 is 0. The molecular weight excluding hydrogens is 687 g/mol. The molecule has 262 valence electrons. The minimum Gasteiger partial charge on any atom is -0.456 e. The minimum atomic E-state index is -0.346. The molecule has 56 heavy (non-hydrogen) atoms. The summed E-state index contributed by atoms with van der Waals surface area (Å²) in [4.78, 5) is 10.6. The van der Waals surface area contributed by atoms with Crippen LogP contribution in [0.1, 0.15) is 22.9 Å². The molecular formula is C51H31N3O2. The van der Waals surface area contributed by atoms with E-state index in [4.69, 9.17) is 18.8 Å². The van der Waals surface area contributed by atoms with Crippen LogP contribution in [0.25, 0.3) is 87.3 Å². The molecule has 0 bridgehead atoms. The monoisotopic (exact) mass is 717 g/mol. The highest BCUT2D eigenvalue weighted by Gasteiger charge is 2.26. The summed E-state index contributed by atoms with van der Waals surface area (Å²) in [5.74, 6) is 1.42. The van der Waals surface area contributed by atoms with E-state index < -0.39 is 0 Å². The molecule has 0 aliphatic carbocycles. The van der Waals surface area contributed by atoms with E-state index in [1.165, 1.54) is 32.3 Å². The van der Waals surface area contributed by atoms with E-state index in [1.807, 2.05) is 18.2 Å². The molecule has 2 aromatic heterocycles. The number of aliphatic imine (C=N–C) groups is 2. The Morgan fingerprint density at radius 2 is 1.05 bits per heavy atom. The summed E-state index contributed by atoms with van der Waals surface area (Å²) in [6.07, 6.45) is -0.346.